The Hall–Kier alpha value is -0.860. The molecule has 7 atom stereocenters. The van der Waals surface area contributed by atoms with Gasteiger partial charge in [0.15, 0.2) is 0 Å². The molecule has 5 fully saturated rings. The van der Waals surface area contributed by atoms with E-state index in [1.807, 2.05) is 6.92 Å². The van der Waals surface area contributed by atoms with Gasteiger partial charge in [-0.05, 0) is 79.4 Å². The lowest BCUT2D eigenvalue weighted by molar-refractivity contribution is -0.163. The molecule has 0 spiro atoms. The molecule has 3 nitrogen and oxygen atoms in total. The molecule has 5 aliphatic rings. The second kappa shape index (κ2) is 6.34. The number of fused-ring (bicyclic) bond motifs is 3. The van der Waals surface area contributed by atoms with Crippen molar-refractivity contribution < 1.29 is 14.3 Å². The highest BCUT2D eigenvalue weighted by Crippen LogP contribution is 2.61. The molecule has 0 aromatic rings. The van der Waals surface area contributed by atoms with Crippen LogP contribution >= 0.6 is 0 Å². The lowest BCUT2D eigenvalue weighted by atomic mass is 9.46. The first-order valence-corrected chi connectivity index (χ1v) is 10.9. The lowest BCUT2D eigenvalue weighted by Crippen LogP contribution is -2.53. The van der Waals surface area contributed by atoms with Crippen molar-refractivity contribution in [1.29, 1.82) is 0 Å². The molecule has 5 aliphatic carbocycles. The Bertz CT molecular complexity index is 592. The van der Waals surface area contributed by atoms with E-state index in [1.54, 1.807) is 0 Å². The van der Waals surface area contributed by atoms with Crippen molar-refractivity contribution >= 4 is 11.8 Å². The normalized spacial score (nSPS) is 44.8. The summed E-state index contributed by atoms with van der Waals surface area (Å²) in [6.07, 6.45) is 8.64. The topological polar surface area (TPSA) is 43.4 Å². The zero-order valence-corrected chi connectivity index (χ0v) is 17.1. The van der Waals surface area contributed by atoms with Gasteiger partial charge in [-0.15, -0.1) is 0 Å². The Labute approximate surface area is 158 Å². The second-order valence-electron chi connectivity index (χ2n) is 10.7. The van der Waals surface area contributed by atoms with Crippen LogP contribution in [0.3, 0.4) is 0 Å². The molecule has 5 rings (SSSR count). The number of carbonyl (C=O) groups is 2. The molecule has 0 amide bonds. The van der Waals surface area contributed by atoms with Gasteiger partial charge in [-0.2, -0.15) is 0 Å². The SMILES string of the molecule is C[C@H](C(=O)OC[C@@H]1CC[C@H]2C[C@H]1C2(C)C)[C@H]1CC[C@H]2C(=O)CCC[C@]12C. The molecule has 0 N–H and O–H groups in total. The van der Waals surface area contributed by atoms with E-state index in [1.165, 1.54) is 19.3 Å². The summed E-state index contributed by atoms with van der Waals surface area (Å²) in [4.78, 5) is 25.2. The van der Waals surface area contributed by atoms with Crippen molar-refractivity contribution in [3.8, 4) is 0 Å². The Morgan fingerprint density at radius 1 is 1.19 bits per heavy atom. The standard InChI is InChI=1S/C23H36O3/c1-14(17-9-10-18-20(24)6-5-11-23(17,18)4)21(25)26-13-15-7-8-16-12-19(15)22(16,2)3/h14-19H,5-13H2,1-4H3/t14-,15-,16-,17+,18-,19+,23+/m0/s1. The van der Waals surface area contributed by atoms with Crippen molar-refractivity contribution in [3.63, 3.8) is 0 Å². The molecular weight excluding hydrogens is 324 g/mol. The fraction of sp³-hybridized carbons (Fsp3) is 0.913. The quantitative estimate of drug-likeness (QED) is 0.661. The van der Waals surface area contributed by atoms with Crippen LogP contribution in [0.5, 0.6) is 0 Å². The van der Waals surface area contributed by atoms with E-state index in [4.69, 9.17) is 4.74 Å². The highest BCUT2D eigenvalue weighted by atomic mass is 16.5. The van der Waals surface area contributed by atoms with Crippen LogP contribution in [-0.2, 0) is 14.3 Å². The monoisotopic (exact) mass is 360 g/mol. The van der Waals surface area contributed by atoms with Crippen molar-refractivity contribution in [1.82, 2.24) is 0 Å². The van der Waals surface area contributed by atoms with Gasteiger partial charge in [0.05, 0.1) is 12.5 Å². The minimum Gasteiger partial charge on any atom is -0.465 e. The van der Waals surface area contributed by atoms with Gasteiger partial charge in [0.2, 0.25) is 0 Å². The summed E-state index contributed by atoms with van der Waals surface area (Å²) in [5.41, 5.74) is 0.456. The number of carbonyl (C=O) groups excluding carboxylic acids is 2. The van der Waals surface area contributed by atoms with Crippen LogP contribution in [-0.4, -0.2) is 18.4 Å². The molecule has 0 aromatic heterocycles. The molecule has 5 saturated carbocycles. The van der Waals surface area contributed by atoms with Gasteiger partial charge in [-0.3, -0.25) is 9.59 Å². The summed E-state index contributed by atoms with van der Waals surface area (Å²) in [5.74, 6) is 2.99. The summed E-state index contributed by atoms with van der Waals surface area (Å²) in [7, 11) is 0. The van der Waals surface area contributed by atoms with Crippen LogP contribution in [0, 0.1) is 46.3 Å². The molecule has 0 unspecified atom stereocenters. The first-order valence-electron chi connectivity index (χ1n) is 10.9. The summed E-state index contributed by atoms with van der Waals surface area (Å²) in [5, 5.41) is 0. The van der Waals surface area contributed by atoms with E-state index in [0.29, 0.717) is 29.6 Å². The summed E-state index contributed by atoms with van der Waals surface area (Å²) < 4.78 is 5.87. The highest BCUT2D eigenvalue weighted by molar-refractivity contribution is 5.83. The highest BCUT2D eigenvalue weighted by Gasteiger charge is 2.55. The van der Waals surface area contributed by atoms with Gasteiger partial charge in [0.25, 0.3) is 0 Å². The van der Waals surface area contributed by atoms with Crippen LogP contribution in [0.2, 0.25) is 0 Å². The van der Waals surface area contributed by atoms with E-state index < -0.39 is 0 Å². The third-order valence-corrected chi connectivity index (χ3v) is 9.35. The van der Waals surface area contributed by atoms with Crippen molar-refractivity contribution in [3.05, 3.63) is 0 Å². The molecule has 0 heterocycles. The molecule has 26 heavy (non-hydrogen) atoms. The second-order valence-corrected chi connectivity index (χ2v) is 10.7. The van der Waals surface area contributed by atoms with Crippen molar-refractivity contribution in [2.75, 3.05) is 6.61 Å². The van der Waals surface area contributed by atoms with E-state index in [0.717, 1.165) is 43.9 Å². The Kier molecular flexibility index (Phi) is 4.51. The predicted octanol–water partition coefficient (Wildman–Crippen LogP) is 5.02. The average Bonchev–Trinajstić information content (AvgIpc) is 2.97. The summed E-state index contributed by atoms with van der Waals surface area (Å²) in [6.45, 7) is 9.69. The molecular formula is C23H36O3. The van der Waals surface area contributed by atoms with Gasteiger partial charge >= 0.3 is 5.97 Å². The molecule has 0 aliphatic heterocycles. The average molecular weight is 361 g/mol. The van der Waals surface area contributed by atoms with E-state index in [9.17, 15) is 9.59 Å². The van der Waals surface area contributed by atoms with Crippen LogP contribution < -0.4 is 0 Å². The third-order valence-electron chi connectivity index (χ3n) is 9.35. The predicted molar refractivity (Wildman–Crippen MR) is 101 cm³/mol. The molecule has 0 aromatic carbocycles. The maximum Gasteiger partial charge on any atom is 0.308 e. The van der Waals surface area contributed by atoms with Crippen LogP contribution in [0.25, 0.3) is 0 Å². The van der Waals surface area contributed by atoms with Gasteiger partial charge < -0.3 is 4.74 Å². The summed E-state index contributed by atoms with van der Waals surface area (Å²) in [6, 6.07) is 0. The maximum absolute atomic E-state index is 12.8. The number of esters is 1. The van der Waals surface area contributed by atoms with Gasteiger partial charge in [-0.25, -0.2) is 0 Å². The van der Waals surface area contributed by atoms with E-state index in [-0.39, 0.29) is 23.2 Å². The molecule has 146 valence electrons. The van der Waals surface area contributed by atoms with E-state index in [2.05, 4.69) is 20.8 Å². The van der Waals surface area contributed by atoms with E-state index >= 15 is 0 Å². The molecule has 0 radical (unpaired) electrons. The molecule has 3 heteroatoms. The Balaban J connectivity index is 1.36. The number of rotatable bonds is 4. The first kappa shape index (κ1) is 18.5. The van der Waals surface area contributed by atoms with Crippen molar-refractivity contribution in [2.45, 2.75) is 79.1 Å². The third kappa shape index (κ3) is 2.67. The van der Waals surface area contributed by atoms with Gasteiger partial charge in [-0.1, -0.05) is 27.7 Å². The molecule has 2 bridgehead atoms. The van der Waals surface area contributed by atoms with Crippen LogP contribution in [0.1, 0.15) is 79.1 Å². The van der Waals surface area contributed by atoms with Gasteiger partial charge in [0.1, 0.15) is 5.78 Å². The smallest absolute Gasteiger partial charge is 0.308 e. The first-order chi connectivity index (χ1) is 12.2. The lowest BCUT2D eigenvalue weighted by Gasteiger charge is -2.60. The van der Waals surface area contributed by atoms with Gasteiger partial charge in [0, 0.05) is 12.3 Å². The van der Waals surface area contributed by atoms with Crippen molar-refractivity contribution in [2.24, 2.45) is 46.3 Å². The fourth-order valence-electron chi connectivity index (χ4n) is 7.44. The largest absolute Gasteiger partial charge is 0.465 e. The van der Waals surface area contributed by atoms with Crippen LogP contribution in [0.4, 0.5) is 0 Å². The Morgan fingerprint density at radius 2 is 1.96 bits per heavy atom. The zero-order valence-electron chi connectivity index (χ0n) is 17.1. The minimum atomic E-state index is -0.0818. The van der Waals surface area contributed by atoms with Crippen LogP contribution in [0.15, 0.2) is 0 Å². The number of Topliss-reactive ketones (excluding diaryl/α,β-unsaturated/α-hetero) is 1. The maximum atomic E-state index is 12.8. The number of hydrogen-bond donors (Lipinski definition) is 0. The minimum absolute atomic E-state index is 0.0157. The number of ether oxygens (including phenoxy) is 1. The number of hydrogen-bond acceptors (Lipinski definition) is 3. The zero-order chi connectivity index (χ0) is 18.7. The Morgan fingerprint density at radius 3 is 2.65 bits per heavy atom. The summed E-state index contributed by atoms with van der Waals surface area (Å²) >= 11 is 0. The fourth-order valence-corrected chi connectivity index (χ4v) is 7.44. The molecule has 0 saturated heterocycles. The number of ketones is 1.